The van der Waals surface area contributed by atoms with E-state index in [9.17, 15) is 85.8 Å². The van der Waals surface area contributed by atoms with Crippen molar-refractivity contribution in [2.24, 2.45) is 41.2 Å². The molecule has 0 bridgehead atoms. The smallest absolute Gasteiger partial charge is 0.421 e. The van der Waals surface area contributed by atoms with Gasteiger partial charge in [0.1, 0.15) is 74.9 Å². The Bertz CT molecular complexity index is 6970. The van der Waals surface area contributed by atoms with Gasteiger partial charge in [-0.25, -0.2) is 61.8 Å². The summed E-state index contributed by atoms with van der Waals surface area (Å²) < 4.78 is 109. The number of unbranched alkanes of at least 4 members (excludes halogenated alkanes) is 2. The highest BCUT2D eigenvalue weighted by Crippen LogP contribution is 2.54. The maximum atomic E-state index is 16.1. The van der Waals surface area contributed by atoms with E-state index >= 15 is 8.78 Å². The minimum atomic E-state index is -4.97. The topological polar surface area (TPSA) is 561 Å². The number of aliphatic hydroxyl groups is 2. The molecule has 1 fully saturated rings. The molecule has 8 heterocycles. The standard InChI is InChI=1S/C103H117F2N15O26S/c1-11-102(135)71-40-78-85-66(44-119(78)92(125)69(71)48-142-94(102)127)65-39-58(38-64-53(8)74(105)42-76(112-85)80(64)65)87(146-96(106)129)57-24-28-60(29-25-57)111-89(122)55(10)109-91(124)84(51(5)6)116-100(133)141-37-34-118(147(137,138)117-101(134)139-35-19-15-18-32-107-97(130)145-47-68-62-20-16-13-14-17-21-63(62)68)33-36-140-99(132)115-83(50(3)4)90(123)108-54(9)88(121)110-59-26-22-56(23-27-59)46-144-98(131)114-75-31-30-61-52(7)73(104)43-77-81(61)82(75)67-45-120-79(86(67)113-77)41-72-70(93(120)126)49-143-95(128)103(72,136)12-2/h22-29,40-43,50-51,54-55,58,62-63,68,75,83-84,87,135-136H,11-12,15-21,30-39,44-49H2,1-10H3,(H2,106,129)(H,107,130)(H,108,123)(H,109,124)(H,110,121)(H,111,122)(H,114,131)(H,115,132)(H,116,133)(H,117,134)/t54-,55-,58?,62-,63+,68-,75-,83-,84-,87?,102-,103-/m0/s1. The molecule has 0 saturated heterocycles. The minimum absolute atomic E-state index is 0.0154. The zero-order chi connectivity index (χ0) is 105. The number of hydrogen-bond acceptors (Lipinski definition) is 28. The van der Waals surface area contributed by atoms with Crippen LogP contribution in [0.3, 0.4) is 0 Å². The molecule has 0 spiro atoms. The first kappa shape index (κ1) is 105. The number of nitrogens with one attached hydrogen (secondary N) is 9. The van der Waals surface area contributed by atoms with Gasteiger partial charge >= 0.3 is 58.7 Å². The normalized spacial score (nSPS) is 19.8. The molecule has 13 N–H and O–H groups in total. The van der Waals surface area contributed by atoms with Gasteiger partial charge in [-0.3, -0.25) is 28.8 Å². The van der Waals surface area contributed by atoms with Crippen molar-refractivity contribution in [3.8, 4) is 34.6 Å². The molecule has 2 unspecified atom stereocenters. The van der Waals surface area contributed by atoms with Crippen molar-refractivity contribution < 1.29 is 123 Å². The number of rotatable bonds is 36. The summed E-state index contributed by atoms with van der Waals surface area (Å²) in [7, 11) is -4.97. The lowest BCUT2D eigenvalue weighted by Crippen LogP contribution is -2.54. The number of nitrogens with two attached hydrogens (primary N) is 1. The number of hydrogen-bond donors (Lipinski definition) is 12. The lowest BCUT2D eigenvalue weighted by atomic mass is 9.75. The third kappa shape index (κ3) is 21.9. The van der Waals surface area contributed by atoms with Crippen LogP contribution < -0.4 is 64.1 Å². The van der Waals surface area contributed by atoms with Crippen LogP contribution in [0.15, 0.2) is 82.4 Å². The minimum Gasteiger partial charge on any atom is -0.458 e. The highest BCUT2D eigenvalue weighted by Gasteiger charge is 2.52. The van der Waals surface area contributed by atoms with Gasteiger partial charge < -0.3 is 106 Å². The fourth-order valence-corrected chi connectivity index (χ4v) is 21.8. The predicted molar refractivity (Wildman–Crippen MR) is 524 cm³/mol. The molecular formula is C103H117F2N15O26S. The summed E-state index contributed by atoms with van der Waals surface area (Å²) in [4.78, 5) is 199. The molecule has 8 aromatic rings. The Kier molecular flexibility index (Phi) is 31.1. The predicted octanol–water partition coefficient (Wildman–Crippen LogP) is 9.53. The lowest BCUT2D eigenvalue weighted by molar-refractivity contribution is -0.172. The first-order valence-corrected chi connectivity index (χ1v) is 50.6. The van der Waals surface area contributed by atoms with E-state index < -0.39 is 197 Å². The van der Waals surface area contributed by atoms with Gasteiger partial charge in [0.05, 0.1) is 77.3 Å². The molecule has 8 aliphatic rings. The van der Waals surface area contributed by atoms with Crippen LogP contribution >= 0.6 is 0 Å². The molecular weight excluding hydrogens is 1930 g/mol. The fraction of sp³-hybridized carbons (Fsp3) is 0.476. The molecule has 4 aromatic heterocycles. The van der Waals surface area contributed by atoms with Gasteiger partial charge in [-0.15, -0.1) is 11.8 Å². The van der Waals surface area contributed by atoms with Crippen LogP contribution in [0.25, 0.3) is 44.6 Å². The number of nitrogens with zero attached hydrogens (tertiary/aromatic N) is 5. The number of aryl methyl sites for hydroxylation is 1. The number of esters is 2. The van der Waals surface area contributed by atoms with Gasteiger partial charge in [0.2, 0.25) is 23.6 Å². The quantitative estimate of drug-likeness (QED) is 0.00752. The Balaban J connectivity index is 0.507. The number of pyridine rings is 4. The number of ether oxygens (including phenoxy) is 8. The molecule has 780 valence electrons. The molecule has 4 aliphatic carbocycles. The average molecular weight is 2050 g/mol. The molecule has 44 heteroatoms. The second-order valence-electron chi connectivity index (χ2n) is 38.9. The molecule has 41 nitrogen and oxygen atoms in total. The van der Waals surface area contributed by atoms with Crippen molar-refractivity contribution >= 4 is 116 Å². The molecule has 16 rings (SSSR count). The average Bonchev–Trinajstić information content (AvgIpc) is 1.55. The molecule has 10 amide bonds. The Hall–Kier alpha value is -14.7. The van der Waals surface area contributed by atoms with Crippen LogP contribution in [0.4, 0.5) is 48.9 Å². The van der Waals surface area contributed by atoms with Gasteiger partial charge in [0, 0.05) is 94.9 Å². The number of carbonyl (C=O) groups excluding carboxylic acids is 12. The number of benzene rings is 4. The summed E-state index contributed by atoms with van der Waals surface area (Å²) in [5, 5.41) is 45.4. The molecule has 12 atom stereocenters. The first-order valence-electron chi connectivity index (χ1n) is 49.2. The van der Waals surface area contributed by atoms with E-state index in [0.29, 0.717) is 149 Å². The molecule has 1 saturated carbocycles. The third-order valence-electron chi connectivity index (χ3n) is 29.0. The van der Waals surface area contributed by atoms with Gasteiger partial charge in [-0.05, 0) is 209 Å². The van der Waals surface area contributed by atoms with Crippen molar-refractivity contribution in [1.29, 1.82) is 0 Å². The van der Waals surface area contributed by atoms with E-state index in [2.05, 4.69) is 54.4 Å². The first-order chi connectivity index (χ1) is 70.1. The summed E-state index contributed by atoms with van der Waals surface area (Å²) in [6, 6.07) is 12.2. The van der Waals surface area contributed by atoms with Gasteiger partial charge in [-0.1, -0.05) is 65.8 Å². The maximum Gasteiger partial charge on any atom is 0.421 e. The van der Waals surface area contributed by atoms with Crippen molar-refractivity contribution in [3.05, 3.63) is 183 Å². The Labute approximate surface area is 842 Å². The third-order valence-corrected chi connectivity index (χ3v) is 30.5. The summed E-state index contributed by atoms with van der Waals surface area (Å²) in [5.74, 6) is -0.267. The SMILES string of the molecule is CC[C@@]1(O)C(=O)OCc2c1cc1n(c2=O)Cc2c-1nc1cc(F)c(C)c3c1c2CC(C(OC(N)=O)c1ccc(NC(=O)[C@H](C)NC(=O)[C@@H](NC(=O)OCCN(CCOC(=O)N[C@H](C(=O)N[C@@H](C)C(=O)Nc2ccc(COC(=O)N[C@H]4CCc5c(C)c(F)cc6nc7c(c4c56)Cn4c-7cc5c(c4=O)COC(=O)[C@]5(O)CC)cc2)C(C)C)S(=O)(=O)NC(=O)OCCCCCNC(=O)OC[C@@H]2[C@@H]4CCC#CCC[C@@H]42)C(C)C)cc1)C3. The van der Waals surface area contributed by atoms with E-state index in [0.717, 1.165) is 25.7 Å². The summed E-state index contributed by atoms with van der Waals surface area (Å²) in [6.07, 6.45) is -1.80. The number of primary amides is 1. The number of fused-ring (bicyclic) bond motifs is 11. The highest BCUT2D eigenvalue weighted by atomic mass is 32.2. The lowest BCUT2D eigenvalue weighted by Gasteiger charge is -2.33. The number of halogens is 2. The zero-order valence-corrected chi connectivity index (χ0v) is 83.5. The van der Waals surface area contributed by atoms with Crippen LogP contribution in [0.5, 0.6) is 0 Å². The Morgan fingerprint density at radius 1 is 0.571 bits per heavy atom. The van der Waals surface area contributed by atoms with Crippen molar-refractivity contribution in [2.75, 3.05) is 56.7 Å². The van der Waals surface area contributed by atoms with Crippen molar-refractivity contribution in [3.63, 3.8) is 0 Å². The van der Waals surface area contributed by atoms with Crippen LogP contribution in [0, 0.1) is 72.8 Å². The monoisotopic (exact) mass is 2050 g/mol. The summed E-state index contributed by atoms with van der Waals surface area (Å²) in [6.45, 7) is 11.9. The van der Waals surface area contributed by atoms with E-state index in [-0.39, 0.29) is 117 Å². The number of aromatic nitrogens is 4. The molecule has 4 aromatic carbocycles. The Morgan fingerprint density at radius 2 is 1.07 bits per heavy atom. The second-order valence-corrected chi connectivity index (χ2v) is 40.6. The number of amides is 10. The molecule has 0 radical (unpaired) electrons. The maximum absolute atomic E-state index is 16.1. The number of cyclic esters (lactones) is 2. The number of alkyl carbamates (subject to hydrolysis) is 4. The van der Waals surface area contributed by atoms with E-state index in [4.69, 9.17) is 53.6 Å². The van der Waals surface area contributed by atoms with Gasteiger partial charge in [0.25, 0.3) is 11.1 Å². The van der Waals surface area contributed by atoms with Gasteiger partial charge in [0.15, 0.2) is 11.2 Å². The fourth-order valence-electron chi connectivity index (χ4n) is 20.8. The van der Waals surface area contributed by atoms with Crippen LogP contribution in [0.1, 0.15) is 210 Å². The van der Waals surface area contributed by atoms with Crippen LogP contribution in [0.2, 0.25) is 0 Å². The van der Waals surface area contributed by atoms with Crippen molar-refractivity contribution in [1.82, 2.24) is 60.0 Å². The second kappa shape index (κ2) is 43.5. The van der Waals surface area contributed by atoms with Crippen LogP contribution in [-0.2, 0) is 140 Å². The number of anilines is 2. The number of carbonyl (C=O) groups is 12. The summed E-state index contributed by atoms with van der Waals surface area (Å²) in [5.41, 5.74) is 8.80. The van der Waals surface area contributed by atoms with Crippen LogP contribution in [-0.4, -0.2) is 184 Å². The Morgan fingerprint density at radius 3 is 1.61 bits per heavy atom. The summed E-state index contributed by atoms with van der Waals surface area (Å²) >= 11 is 0. The molecule has 147 heavy (non-hydrogen) atoms. The zero-order valence-electron chi connectivity index (χ0n) is 82.7. The van der Waals surface area contributed by atoms with Gasteiger partial charge in [-0.2, -0.15) is 12.7 Å². The molecule has 4 aliphatic heterocycles. The van der Waals surface area contributed by atoms with E-state index in [1.165, 1.54) is 59.4 Å². The largest absolute Gasteiger partial charge is 0.458 e. The van der Waals surface area contributed by atoms with Crippen molar-refractivity contribution in [2.45, 2.75) is 233 Å². The van der Waals surface area contributed by atoms with E-state index in [1.54, 1.807) is 96.5 Å². The highest BCUT2D eigenvalue weighted by molar-refractivity contribution is 7.87. The van der Waals surface area contributed by atoms with E-state index in [1.807, 2.05) is 0 Å².